The van der Waals surface area contributed by atoms with E-state index >= 15 is 0 Å². The molecular formula is C13H23N3. The lowest BCUT2D eigenvalue weighted by Crippen LogP contribution is -2.18. The molecule has 3 nitrogen and oxygen atoms in total. The van der Waals surface area contributed by atoms with Crippen molar-refractivity contribution < 1.29 is 0 Å². The fraction of sp³-hybridized carbons (Fsp3) is 0.769. The molecule has 1 aromatic heterocycles. The molecule has 1 aliphatic carbocycles. The molecule has 0 spiro atoms. The molecule has 1 aromatic rings. The molecule has 1 saturated carbocycles. The van der Waals surface area contributed by atoms with E-state index in [1.54, 1.807) is 0 Å². The molecule has 1 unspecified atom stereocenters. The average Bonchev–Trinajstić information content (AvgIpc) is 2.98. The highest BCUT2D eigenvalue weighted by Gasteiger charge is 2.23. The molecule has 0 radical (unpaired) electrons. The summed E-state index contributed by atoms with van der Waals surface area (Å²) >= 11 is 0. The van der Waals surface area contributed by atoms with Crippen LogP contribution in [0.25, 0.3) is 0 Å². The van der Waals surface area contributed by atoms with Crippen LogP contribution in [0.4, 0.5) is 5.82 Å². The van der Waals surface area contributed by atoms with Crippen LogP contribution in [0.2, 0.25) is 0 Å². The van der Waals surface area contributed by atoms with Crippen molar-refractivity contribution in [3.63, 3.8) is 0 Å². The molecule has 0 bridgehead atoms. The van der Waals surface area contributed by atoms with Crippen molar-refractivity contribution in [1.29, 1.82) is 0 Å². The maximum atomic E-state index is 4.38. The van der Waals surface area contributed by atoms with Crippen LogP contribution in [0, 0.1) is 5.92 Å². The minimum absolute atomic E-state index is 0.551. The first kappa shape index (κ1) is 11.5. The molecule has 1 N–H and O–H groups in total. The van der Waals surface area contributed by atoms with Gasteiger partial charge in [-0.1, -0.05) is 19.8 Å². The van der Waals surface area contributed by atoms with Gasteiger partial charge < -0.3 is 5.32 Å². The van der Waals surface area contributed by atoms with Gasteiger partial charge in [-0.25, -0.2) is 4.68 Å². The highest BCUT2D eigenvalue weighted by Crippen LogP contribution is 2.31. The van der Waals surface area contributed by atoms with E-state index in [4.69, 9.17) is 0 Å². The van der Waals surface area contributed by atoms with Gasteiger partial charge in [-0.15, -0.1) is 0 Å². The molecule has 1 atom stereocenters. The molecule has 0 aromatic carbocycles. The van der Waals surface area contributed by atoms with E-state index in [-0.39, 0.29) is 0 Å². The first-order valence-electron chi connectivity index (χ1n) is 6.58. The summed E-state index contributed by atoms with van der Waals surface area (Å²) in [4.78, 5) is 0. The summed E-state index contributed by atoms with van der Waals surface area (Å²) in [6.07, 6.45) is 8.47. The molecule has 1 aliphatic rings. The van der Waals surface area contributed by atoms with Gasteiger partial charge >= 0.3 is 0 Å². The Balaban J connectivity index is 1.84. The molecule has 2 rings (SSSR count). The van der Waals surface area contributed by atoms with Crippen molar-refractivity contribution in [3.05, 3.63) is 12.3 Å². The maximum Gasteiger partial charge on any atom is 0.124 e. The first-order valence-corrected chi connectivity index (χ1v) is 6.58. The largest absolute Gasteiger partial charge is 0.368 e. The van der Waals surface area contributed by atoms with E-state index < -0.39 is 0 Å². The van der Waals surface area contributed by atoms with Gasteiger partial charge in [0, 0.05) is 18.7 Å². The number of hydrogen-bond acceptors (Lipinski definition) is 2. The summed E-state index contributed by atoms with van der Waals surface area (Å²) in [5.41, 5.74) is 0. The monoisotopic (exact) mass is 221 g/mol. The zero-order valence-electron chi connectivity index (χ0n) is 10.4. The lowest BCUT2D eigenvalue weighted by Gasteiger charge is -2.15. The summed E-state index contributed by atoms with van der Waals surface area (Å²) in [6, 6.07) is 2.64. The summed E-state index contributed by atoms with van der Waals surface area (Å²) in [5, 5.41) is 7.94. The van der Waals surface area contributed by atoms with Crippen LogP contribution in [-0.4, -0.2) is 15.8 Å². The SMILES string of the molecule is CCCCC(C)Nc1ccnn1CC1CC1. The number of unbranched alkanes of at least 4 members (excludes halogenated alkanes) is 1. The predicted octanol–water partition coefficient (Wildman–Crippen LogP) is 3.28. The van der Waals surface area contributed by atoms with Crippen molar-refractivity contribution in [2.24, 2.45) is 5.92 Å². The van der Waals surface area contributed by atoms with Gasteiger partial charge in [0.1, 0.15) is 5.82 Å². The van der Waals surface area contributed by atoms with Gasteiger partial charge in [-0.2, -0.15) is 5.10 Å². The van der Waals surface area contributed by atoms with Crippen molar-refractivity contribution in [1.82, 2.24) is 9.78 Å². The molecule has 0 saturated heterocycles. The third-order valence-electron chi connectivity index (χ3n) is 3.23. The maximum absolute atomic E-state index is 4.38. The number of nitrogens with one attached hydrogen (secondary N) is 1. The number of rotatable bonds is 7. The van der Waals surface area contributed by atoms with Gasteiger partial charge in [0.25, 0.3) is 0 Å². The second-order valence-corrected chi connectivity index (χ2v) is 5.03. The summed E-state index contributed by atoms with van der Waals surface area (Å²) < 4.78 is 2.13. The fourth-order valence-corrected chi connectivity index (χ4v) is 1.98. The van der Waals surface area contributed by atoms with Gasteiger partial charge in [0.15, 0.2) is 0 Å². The Morgan fingerprint density at radius 2 is 2.38 bits per heavy atom. The summed E-state index contributed by atoms with van der Waals surface area (Å²) in [5.74, 6) is 2.07. The molecule has 1 heterocycles. The fourth-order valence-electron chi connectivity index (χ4n) is 1.98. The number of nitrogens with zero attached hydrogens (tertiary/aromatic N) is 2. The lowest BCUT2D eigenvalue weighted by atomic mass is 10.1. The van der Waals surface area contributed by atoms with Crippen LogP contribution in [0.3, 0.4) is 0 Å². The van der Waals surface area contributed by atoms with E-state index in [1.165, 1.54) is 37.9 Å². The van der Waals surface area contributed by atoms with Crippen LogP contribution >= 0.6 is 0 Å². The van der Waals surface area contributed by atoms with Crippen LogP contribution < -0.4 is 5.32 Å². The zero-order valence-corrected chi connectivity index (χ0v) is 10.4. The van der Waals surface area contributed by atoms with E-state index in [0.29, 0.717) is 6.04 Å². The van der Waals surface area contributed by atoms with Gasteiger partial charge in [-0.05, 0) is 32.1 Å². The first-order chi connectivity index (χ1) is 7.79. The van der Waals surface area contributed by atoms with Crippen LogP contribution in [-0.2, 0) is 6.54 Å². The van der Waals surface area contributed by atoms with Crippen LogP contribution in [0.15, 0.2) is 12.3 Å². The minimum atomic E-state index is 0.551. The molecule has 90 valence electrons. The van der Waals surface area contributed by atoms with Gasteiger partial charge in [0.05, 0.1) is 6.20 Å². The molecule has 0 amide bonds. The van der Waals surface area contributed by atoms with Crippen molar-refractivity contribution in [2.75, 3.05) is 5.32 Å². The summed E-state index contributed by atoms with van der Waals surface area (Å²) in [6.45, 7) is 5.59. The Morgan fingerprint density at radius 1 is 1.56 bits per heavy atom. The highest BCUT2D eigenvalue weighted by molar-refractivity contribution is 5.34. The predicted molar refractivity (Wildman–Crippen MR) is 67.6 cm³/mol. The Labute approximate surface area is 98.2 Å². The highest BCUT2D eigenvalue weighted by atomic mass is 15.3. The smallest absolute Gasteiger partial charge is 0.124 e. The van der Waals surface area contributed by atoms with Crippen LogP contribution in [0.1, 0.15) is 46.0 Å². The third kappa shape index (κ3) is 3.26. The second kappa shape index (κ2) is 5.37. The van der Waals surface area contributed by atoms with Gasteiger partial charge in [0.2, 0.25) is 0 Å². The Morgan fingerprint density at radius 3 is 3.06 bits per heavy atom. The summed E-state index contributed by atoms with van der Waals surface area (Å²) in [7, 11) is 0. The van der Waals surface area contributed by atoms with E-state index in [2.05, 4.69) is 35.0 Å². The normalized spacial score (nSPS) is 17.4. The van der Waals surface area contributed by atoms with E-state index in [1.807, 2.05) is 6.20 Å². The Bertz CT molecular complexity index is 315. The molecular weight excluding hydrogens is 198 g/mol. The molecule has 3 heteroatoms. The number of hydrogen-bond donors (Lipinski definition) is 1. The minimum Gasteiger partial charge on any atom is -0.368 e. The van der Waals surface area contributed by atoms with Crippen molar-refractivity contribution in [3.8, 4) is 0 Å². The molecule has 1 fully saturated rings. The molecule has 16 heavy (non-hydrogen) atoms. The van der Waals surface area contributed by atoms with Crippen molar-refractivity contribution >= 4 is 5.82 Å². The second-order valence-electron chi connectivity index (χ2n) is 5.03. The van der Waals surface area contributed by atoms with Crippen molar-refractivity contribution in [2.45, 2.75) is 58.5 Å². The Hall–Kier alpha value is -0.990. The van der Waals surface area contributed by atoms with E-state index in [9.17, 15) is 0 Å². The Kier molecular flexibility index (Phi) is 3.86. The zero-order chi connectivity index (χ0) is 11.4. The van der Waals surface area contributed by atoms with Gasteiger partial charge in [-0.3, -0.25) is 0 Å². The standard InChI is InChI=1S/C13H23N3/c1-3-4-5-11(2)15-13-8-9-14-16(13)10-12-6-7-12/h8-9,11-12,15H,3-7,10H2,1-2H3. The topological polar surface area (TPSA) is 29.9 Å². The number of aromatic nitrogens is 2. The quantitative estimate of drug-likeness (QED) is 0.765. The molecule has 0 aliphatic heterocycles. The number of anilines is 1. The average molecular weight is 221 g/mol. The lowest BCUT2D eigenvalue weighted by molar-refractivity contribution is 0.558. The third-order valence-corrected chi connectivity index (χ3v) is 3.23. The van der Waals surface area contributed by atoms with E-state index in [0.717, 1.165) is 12.5 Å². The van der Waals surface area contributed by atoms with Crippen LogP contribution in [0.5, 0.6) is 0 Å².